The van der Waals surface area contributed by atoms with E-state index in [1.807, 2.05) is 6.92 Å². The average molecular weight is 296 g/mol. The van der Waals surface area contributed by atoms with E-state index in [0.29, 0.717) is 38.5 Å². The Morgan fingerprint density at radius 3 is 2.71 bits per heavy atom. The zero-order valence-corrected chi connectivity index (χ0v) is 12.5. The number of amides is 2. The monoisotopic (exact) mass is 296 g/mol. The highest BCUT2D eigenvalue weighted by molar-refractivity contribution is 5.80. The Morgan fingerprint density at radius 1 is 1.38 bits per heavy atom. The van der Waals surface area contributed by atoms with Crippen LogP contribution in [0.15, 0.2) is 0 Å². The number of carboxylic acids is 1. The molecule has 1 saturated carbocycles. The van der Waals surface area contributed by atoms with Crippen molar-refractivity contribution in [3.8, 4) is 0 Å². The second-order valence-corrected chi connectivity index (χ2v) is 6.63. The van der Waals surface area contributed by atoms with E-state index in [0.717, 1.165) is 6.42 Å². The third kappa shape index (κ3) is 2.73. The van der Waals surface area contributed by atoms with E-state index in [1.54, 1.807) is 4.90 Å². The number of carbonyl (C=O) groups excluding carboxylic acids is 1. The van der Waals surface area contributed by atoms with E-state index in [1.165, 1.54) is 12.8 Å². The predicted octanol–water partition coefficient (Wildman–Crippen LogP) is 1.45. The summed E-state index contributed by atoms with van der Waals surface area (Å²) in [5.74, 6) is -0.189. The lowest BCUT2D eigenvalue weighted by atomic mass is 9.84. The lowest BCUT2D eigenvalue weighted by molar-refractivity contribution is -0.148. The Hall–Kier alpha value is -1.30. The van der Waals surface area contributed by atoms with Crippen LogP contribution in [0.4, 0.5) is 4.79 Å². The van der Waals surface area contributed by atoms with Gasteiger partial charge in [-0.05, 0) is 38.0 Å². The van der Waals surface area contributed by atoms with Gasteiger partial charge in [-0.2, -0.15) is 0 Å². The fraction of sp³-hybridized carbons (Fsp3) is 0.867. The van der Waals surface area contributed by atoms with Crippen LogP contribution in [0.5, 0.6) is 0 Å². The second-order valence-electron chi connectivity index (χ2n) is 6.63. The molecule has 0 bridgehead atoms. The molecule has 3 rings (SSSR count). The Labute approximate surface area is 124 Å². The Balaban J connectivity index is 1.57. The number of hydrogen-bond acceptors (Lipinski definition) is 3. The van der Waals surface area contributed by atoms with Crippen LogP contribution in [0, 0.1) is 11.3 Å². The number of ether oxygens (including phenoxy) is 1. The molecule has 6 heteroatoms. The molecule has 1 aliphatic carbocycles. The van der Waals surface area contributed by atoms with Crippen LogP contribution in [0.2, 0.25) is 0 Å². The van der Waals surface area contributed by atoms with E-state index in [-0.39, 0.29) is 18.2 Å². The summed E-state index contributed by atoms with van der Waals surface area (Å²) in [7, 11) is 0. The summed E-state index contributed by atoms with van der Waals surface area (Å²) < 4.78 is 5.73. The maximum absolute atomic E-state index is 12.4. The molecule has 3 aliphatic rings. The Kier molecular flexibility index (Phi) is 3.82. The van der Waals surface area contributed by atoms with Crippen LogP contribution in [0.3, 0.4) is 0 Å². The number of urea groups is 1. The van der Waals surface area contributed by atoms with E-state index in [9.17, 15) is 14.7 Å². The van der Waals surface area contributed by atoms with Gasteiger partial charge in [-0.25, -0.2) is 4.79 Å². The minimum atomic E-state index is -0.791. The zero-order valence-electron chi connectivity index (χ0n) is 12.5. The van der Waals surface area contributed by atoms with Gasteiger partial charge in [0.05, 0.1) is 17.6 Å². The van der Waals surface area contributed by atoms with Crippen molar-refractivity contribution in [3.05, 3.63) is 0 Å². The van der Waals surface area contributed by atoms with Gasteiger partial charge < -0.3 is 20.1 Å². The van der Waals surface area contributed by atoms with Crippen molar-refractivity contribution < 1.29 is 19.4 Å². The molecular formula is C15H24N2O4. The van der Waals surface area contributed by atoms with Gasteiger partial charge in [0.1, 0.15) is 0 Å². The van der Waals surface area contributed by atoms with Crippen LogP contribution in [0.25, 0.3) is 0 Å². The Bertz CT molecular complexity index is 437. The summed E-state index contributed by atoms with van der Waals surface area (Å²) in [5.41, 5.74) is -0.764. The highest BCUT2D eigenvalue weighted by Crippen LogP contribution is 2.39. The van der Waals surface area contributed by atoms with Crippen molar-refractivity contribution >= 4 is 12.0 Å². The molecule has 3 atom stereocenters. The third-order valence-corrected chi connectivity index (χ3v) is 5.30. The van der Waals surface area contributed by atoms with Crippen molar-refractivity contribution in [1.29, 1.82) is 0 Å². The molecular weight excluding hydrogens is 272 g/mol. The molecule has 0 aromatic heterocycles. The number of carbonyl (C=O) groups is 2. The first-order chi connectivity index (χ1) is 10.1. The van der Waals surface area contributed by atoms with Crippen molar-refractivity contribution in [2.45, 2.75) is 51.2 Å². The van der Waals surface area contributed by atoms with E-state index < -0.39 is 11.4 Å². The number of hydrogen-bond donors (Lipinski definition) is 2. The molecule has 2 aliphatic heterocycles. The van der Waals surface area contributed by atoms with Gasteiger partial charge in [-0.15, -0.1) is 0 Å². The van der Waals surface area contributed by atoms with Gasteiger partial charge >= 0.3 is 12.0 Å². The van der Waals surface area contributed by atoms with Crippen LogP contribution >= 0.6 is 0 Å². The summed E-state index contributed by atoms with van der Waals surface area (Å²) in [6, 6.07) is -0.0424. The molecule has 0 aromatic carbocycles. The summed E-state index contributed by atoms with van der Waals surface area (Å²) >= 11 is 0. The molecule has 118 valence electrons. The molecule has 21 heavy (non-hydrogen) atoms. The number of nitrogens with one attached hydrogen (secondary N) is 1. The second kappa shape index (κ2) is 5.48. The number of carboxylic acid groups (broad SMARTS) is 1. The number of rotatable bonds is 4. The maximum atomic E-state index is 12.4. The first-order valence-corrected chi connectivity index (χ1v) is 7.96. The smallest absolute Gasteiger partial charge is 0.317 e. The van der Waals surface area contributed by atoms with Crippen molar-refractivity contribution in [2.75, 3.05) is 19.7 Å². The van der Waals surface area contributed by atoms with Crippen molar-refractivity contribution in [3.63, 3.8) is 0 Å². The quantitative estimate of drug-likeness (QED) is 0.823. The van der Waals surface area contributed by atoms with Gasteiger partial charge in [0.15, 0.2) is 0 Å². The predicted molar refractivity (Wildman–Crippen MR) is 76.0 cm³/mol. The molecule has 0 spiro atoms. The lowest BCUT2D eigenvalue weighted by Crippen LogP contribution is -2.48. The zero-order chi connectivity index (χ0) is 15.0. The van der Waals surface area contributed by atoms with Gasteiger partial charge in [-0.3, -0.25) is 4.79 Å². The number of aliphatic carboxylic acids is 1. The summed E-state index contributed by atoms with van der Waals surface area (Å²) in [4.78, 5) is 25.5. The number of nitrogens with zero attached hydrogens (tertiary/aromatic N) is 1. The molecule has 2 saturated heterocycles. The summed E-state index contributed by atoms with van der Waals surface area (Å²) in [6.07, 6.45) is 4.51. The standard InChI is InChI=1S/C15H24N2O4/c1-2-15(13(18)19)6-7-17(9-15)14(20)16-11-5-8-21-12(11)10-3-4-10/h10-12H,2-9H2,1H3,(H,16,20)(H,18,19). The number of likely N-dealkylation sites (tertiary alicyclic amines) is 1. The van der Waals surface area contributed by atoms with E-state index >= 15 is 0 Å². The minimum Gasteiger partial charge on any atom is -0.481 e. The highest BCUT2D eigenvalue weighted by Gasteiger charge is 2.46. The van der Waals surface area contributed by atoms with Crippen LogP contribution in [-0.4, -0.2) is 53.8 Å². The molecule has 3 unspecified atom stereocenters. The molecule has 0 radical (unpaired) electrons. The van der Waals surface area contributed by atoms with Gasteiger partial charge in [0.25, 0.3) is 0 Å². The van der Waals surface area contributed by atoms with Gasteiger partial charge in [-0.1, -0.05) is 6.92 Å². The molecule has 3 fully saturated rings. The fourth-order valence-corrected chi connectivity index (χ4v) is 3.57. The molecule has 6 nitrogen and oxygen atoms in total. The first-order valence-electron chi connectivity index (χ1n) is 7.96. The largest absolute Gasteiger partial charge is 0.481 e. The molecule has 2 heterocycles. The topological polar surface area (TPSA) is 78.9 Å². The lowest BCUT2D eigenvalue weighted by Gasteiger charge is -2.26. The van der Waals surface area contributed by atoms with Crippen molar-refractivity contribution in [1.82, 2.24) is 10.2 Å². The average Bonchev–Trinajstić information content (AvgIpc) is 3.03. The minimum absolute atomic E-state index is 0.0893. The third-order valence-electron chi connectivity index (χ3n) is 5.30. The summed E-state index contributed by atoms with van der Waals surface area (Å²) in [6.45, 7) is 3.42. The molecule has 2 amide bonds. The highest BCUT2D eigenvalue weighted by atomic mass is 16.5. The van der Waals surface area contributed by atoms with Crippen molar-refractivity contribution in [2.24, 2.45) is 11.3 Å². The molecule has 0 aromatic rings. The van der Waals surface area contributed by atoms with E-state index in [4.69, 9.17) is 4.74 Å². The first kappa shape index (κ1) is 14.6. The summed E-state index contributed by atoms with van der Waals surface area (Å²) in [5, 5.41) is 12.5. The normalized spacial score (nSPS) is 36.0. The fourth-order valence-electron chi connectivity index (χ4n) is 3.57. The van der Waals surface area contributed by atoms with Gasteiger partial charge in [0.2, 0.25) is 0 Å². The van der Waals surface area contributed by atoms with Crippen LogP contribution in [0.1, 0.15) is 39.0 Å². The van der Waals surface area contributed by atoms with E-state index in [2.05, 4.69) is 5.32 Å². The van der Waals surface area contributed by atoms with Gasteiger partial charge in [0, 0.05) is 19.7 Å². The van der Waals surface area contributed by atoms with Crippen LogP contribution < -0.4 is 5.32 Å². The SMILES string of the molecule is CCC1(C(=O)O)CCN(C(=O)NC2CCOC2C2CC2)C1. The molecule has 2 N–H and O–H groups in total. The maximum Gasteiger partial charge on any atom is 0.317 e. The van der Waals surface area contributed by atoms with Crippen LogP contribution in [-0.2, 0) is 9.53 Å². The Morgan fingerprint density at radius 2 is 2.14 bits per heavy atom.